The number of nitrogens with zero attached hydrogens (tertiary/aromatic N) is 1. The second kappa shape index (κ2) is 6.45. The number of urea groups is 1. The molecule has 2 rings (SSSR count). The van der Waals surface area contributed by atoms with Crippen LogP contribution in [-0.4, -0.2) is 29.1 Å². The van der Waals surface area contributed by atoms with Crippen molar-refractivity contribution in [2.75, 3.05) is 7.05 Å². The monoisotopic (exact) mass is 308 g/mol. The molecule has 0 unspecified atom stereocenters. The highest BCUT2D eigenvalue weighted by Gasteiger charge is 2.15. The summed E-state index contributed by atoms with van der Waals surface area (Å²) in [7, 11) is 1.70. The Balaban J connectivity index is 1.88. The highest BCUT2D eigenvalue weighted by molar-refractivity contribution is 7.09. The van der Waals surface area contributed by atoms with E-state index in [0.29, 0.717) is 18.1 Å². The Bertz CT molecular complexity index is 633. The standard InChI is InChI=1S/C14H16N2O4S/c1-9-12(13(17)18)6-10(20-9)7-15-14(19)16(2)8-11-4-3-5-21-11/h3-6H,7-8H2,1-2H3,(H,15,19)(H,17,18). The van der Waals surface area contributed by atoms with Gasteiger partial charge in [-0.2, -0.15) is 0 Å². The lowest BCUT2D eigenvalue weighted by atomic mass is 10.2. The van der Waals surface area contributed by atoms with Crippen LogP contribution in [0, 0.1) is 6.92 Å². The lowest BCUT2D eigenvalue weighted by Crippen LogP contribution is -2.36. The van der Waals surface area contributed by atoms with Gasteiger partial charge in [0.05, 0.1) is 13.1 Å². The quantitative estimate of drug-likeness (QED) is 0.889. The van der Waals surface area contributed by atoms with Crippen LogP contribution in [0.3, 0.4) is 0 Å². The number of aromatic carboxylic acids is 1. The van der Waals surface area contributed by atoms with Crippen LogP contribution in [0.4, 0.5) is 4.79 Å². The molecule has 7 heteroatoms. The average molecular weight is 308 g/mol. The molecule has 2 heterocycles. The van der Waals surface area contributed by atoms with Gasteiger partial charge in [0.25, 0.3) is 0 Å². The van der Waals surface area contributed by atoms with Crippen LogP contribution in [0.15, 0.2) is 28.0 Å². The number of aryl methyl sites for hydroxylation is 1. The second-order valence-electron chi connectivity index (χ2n) is 4.58. The van der Waals surface area contributed by atoms with Crippen molar-refractivity contribution < 1.29 is 19.1 Å². The second-order valence-corrected chi connectivity index (χ2v) is 5.61. The Morgan fingerprint density at radius 1 is 1.48 bits per heavy atom. The summed E-state index contributed by atoms with van der Waals surface area (Å²) in [6.07, 6.45) is 0. The lowest BCUT2D eigenvalue weighted by molar-refractivity contribution is 0.0695. The van der Waals surface area contributed by atoms with E-state index < -0.39 is 5.97 Å². The zero-order chi connectivity index (χ0) is 15.4. The first kappa shape index (κ1) is 15.1. The summed E-state index contributed by atoms with van der Waals surface area (Å²) in [5.74, 6) is -0.287. The van der Waals surface area contributed by atoms with Gasteiger partial charge in [-0.1, -0.05) is 6.07 Å². The van der Waals surface area contributed by atoms with Crippen LogP contribution in [0.1, 0.15) is 26.8 Å². The van der Waals surface area contributed by atoms with Crippen LogP contribution >= 0.6 is 11.3 Å². The molecule has 0 fully saturated rings. The smallest absolute Gasteiger partial charge is 0.339 e. The molecule has 2 aromatic heterocycles. The zero-order valence-electron chi connectivity index (χ0n) is 11.8. The molecule has 2 amide bonds. The van der Waals surface area contributed by atoms with Gasteiger partial charge in [-0.05, 0) is 24.4 Å². The fourth-order valence-corrected chi connectivity index (χ4v) is 2.61. The largest absolute Gasteiger partial charge is 0.478 e. The Morgan fingerprint density at radius 3 is 2.81 bits per heavy atom. The topological polar surface area (TPSA) is 82.8 Å². The first-order chi connectivity index (χ1) is 9.97. The van der Waals surface area contributed by atoms with Crippen molar-refractivity contribution in [1.29, 1.82) is 0 Å². The van der Waals surface area contributed by atoms with Gasteiger partial charge < -0.3 is 19.7 Å². The molecule has 0 atom stereocenters. The van der Waals surface area contributed by atoms with Crippen molar-refractivity contribution in [3.05, 3.63) is 45.5 Å². The van der Waals surface area contributed by atoms with E-state index in [1.54, 1.807) is 30.2 Å². The van der Waals surface area contributed by atoms with E-state index in [1.807, 2.05) is 17.5 Å². The third kappa shape index (κ3) is 3.85. The predicted octanol–water partition coefficient (Wildman–Crippen LogP) is 2.69. The molecule has 0 bridgehead atoms. The van der Waals surface area contributed by atoms with Crippen molar-refractivity contribution in [1.82, 2.24) is 10.2 Å². The van der Waals surface area contributed by atoms with Gasteiger partial charge in [0.1, 0.15) is 17.1 Å². The molecule has 0 saturated carbocycles. The first-order valence-corrected chi connectivity index (χ1v) is 7.19. The molecule has 112 valence electrons. The highest BCUT2D eigenvalue weighted by Crippen LogP contribution is 2.15. The Morgan fingerprint density at radius 2 is 2.24 bits per heavy atom. The average Bonchev–Trinajstić information content (AvgIpc) is 3.05. The summed E-state index contributed by atoms with van der Waals surface area (Å²) in [5, 5.41) is 13.6. The van der Waals surface area contributed by atoms with Gasteiger partial charge in [0.2, 0.25) is 0 Å². The number of rotatable bonds is 5. The molecule has 0 aromatic carbocycles. The van der Waals surface area contributed by atoms with E-state index in [2.05, 4.69) is 5.32 Å². The number of amides is 2. The normalized spacial score (nSPS) is 10.4. The fraction of sp³-hybridized carbons (Fsp3) is 0.286. The van der Waals surface area contributed by atoms with E-state index in [1.165, 1.54) is 6.07 Å². The molecular formula is C14H16N2O4S. The van der Waals surface area contributed by atoms with Crippen LogP contribution in [0.25, 0.3) is 0 Å². The maximum atomic E-state index is 11.9. The van der Waals surface area contributed by atoms with Crippen molar-refractivity contribution in [2.24, 2.45) is 0 Å². The van der Waals surface area contributed by atoms with E-state index >= 15 is 0 Å². The van der Waals surface area contributed by atoms with E-state index in [0.717, 1.165) is 4.88 Å². The highest BCUT2D eigenvalue weighted by atomic mass is 32.1. The summed E-state index contributed by atoms with van der Waals surface area (Å²) in [5.41, 5.74) is 0.117. The molecule has 6 nitrogen and oxygen atoms in total. The summed E-state index contributed by atoms with van der Waals surface area (Å²) in [6.45, 7) is 2.26. The minimum Gasteiger partial charge on any atom is -0.478 e. The summed E-state index contributed by atoms with van der Waals surface area (Å²) in [6, 6.07) is 5.08. The number of hydrogen-bond acceptors (Lipinski definition) is 4. The molecule has 0 radical (unpaired) electrons. The van der Waals surface area contributed by atoms with Crippen molar-refractivity contribution in [2.45, 2.75) is 20.0 Å². The molecule has 0 aliphatic carbocycles. The summed E-state index contributed by atoms with van der Waals surface area (Å²) < 4.78 is 5.30. The van der Waals surface area contributed by atoms with Gasteiger partial charge in [0.15, 0.2) is 0 Å². The van der Waals surface area contributed by atoms with Gasteiger partial charge in [-0.3, -0.25) is 0 Å². The Kier molecular flexibility index (Phi) is 4.64. The molecule has 2 N–H and O–H groups in total. The summed E-state index contributed by atoms with van der Waals surface area (Å²) in [4.78, 5) is 25.5. The van der Waals surface area contributed by atoms with Crippen LogP contribution in [0.2, 0.25) is 0 Å². The molecular weight excluding hydrogens is 292 g/mol. The van der Waals surface area contributed by atoms with E-state index in [9.17, 15) is 9.59 Å². The molecule has 0 spiro atoms. The maximum absolute atomic E-state index is 11.9. The number of furan rings is 1. The van der Waals surface area contributed by atoms with Gasteiger partial charge in [0, 0.05) is 11.9 Å². The van der Waals surface area contributed by atoms with Crippen molar-refractivity contribution >= 4 is 23.3 Å². The van der Waals surface area contributed by atoms with Crippen LogP contribution in [-0.2, 0) is 13.1 Å². The number of thiophene rings is 1. The van der Waals surface area contributed by atoms with E-state index in [-0.39, 0.29) is 18.1 Å². The van der Waals surface area contributed by atoms with Gasteiger partial charge in [-0.15, -0.1) is 11.3 Å². The van der Waals surface area contributed by atoms with Crippen molar-refractivity contribution in [3.63, 3.8) is 0 Å². The Hall–Kier alpha value is -2.28. The molecule has 0 aliphatic heterocycles. The van der Waals surface area contributed by atoms with Crippen LogP contribution < -0.4 is 5.32 Å². The Labute approximate surface area is 126 Å². The number of carbonyl (C=O) groups excluding carboxylic acids is 1. The van der Waals surface area contributed by atoms with Gasteiger partial charge in [-0.25, -0.2) is 9.59 Å². The minimum atomic E-state index is -1.04. The molecule has 0 aliphatic rings. The third-order valence-corrected chi connectivity index (χ3v) is 3.79. The SMILES string of the molecule is Cc1oc(CNC(=O)N(C)Cc2cccs2)cc1C(=O)O. The third-order valence-electron chi connectivity index (χ3n) is 2.93. The minimum absolute atomic E-state index is 0.117. The lowest BCUT2D eigenvalue weighted by Gasteiger charge is -2.16. The number of hydrogen-bond donors (Lipinski definition) is 2. The molecule has 0 saturated heterocycles. The van der Waals surface area contributed by atoms with E-state index in [4.69, 9.17) is 9.52 Å². The number of carboxylic acids is 1. The zero-order valence-corrected chi connectivity index (χ0v) is 12.6. The summed E-state index contributed by atoms with van der Waals surface area (Å²) >= 11 is 1.59. The first-order valence-electron chi connectivity index (χ1n) is 6.31. The predicted molar refractivity (Wildman–Crippen MR) is 78.4 cm³/mol. The number of carbonyl (C=O) groups is 2. The number of nitrogens with one attached hydrogen (secondary N) is 1. The molecule has 21 heavy (non-hydrogen) atoms. The fourth-order valence-electron chi connectivity index (χ4n) is 1.85. The maximum Gasteiger partial charge on any atom is 0.339 e. The molecule has 2 aromatic rings. The van der Waals surface area contributed by atoms with Gasteiger partial charge >= 0.3 is 12.0 Å². The van der Waals surface area contributed by atoms with Crippen LogP contribution in [0.5, 0.6) is 0 Å². The number of carboxylic acid groups (broad SMARTS) is 1. The van der Waals surface area contributed by atoms with Crippen molar-refractivity contribution in [3.8, 4) is 0 Å².